The van der Waals surface area contributed by atoms with Gasteiger partial charge in [-0.05, 0) is 31.0 Å². The number of ether oxygens (including phenoxy) is 1. The number of hydrogen-bond acceptors (Lipinski definition) is 3. The molecular weight excluding hydrogens is 212 g/mol. The van der Waals surface area contributed by atoms with Gasteiger partial charge in [-0.25, -0.2) is 4.98 Å². The molecule has 1 N–H and O–H groups in total. The number of rotatable bonds is 4. The van der Waals surface area contributed by atoms with Crippen LogP contribution >= 0.6 is 11.6 Å². The quantitative estimate of drug-likeness (QED) is 0.793. The Morgan fingerprint density at radius 2 is 2.47 bits per heavy atom. The Hall–Kier alpha value is -0.640. The van der Waals surface area contributed by atoms with E-state index in [1.54, 1.807) is 0 Å². The first-order chi connectivity index (χ1) is 7.34. The van der Waals surface area contributed by atoms with Gasteiger partial charge in [0.25, 0.3) is 0 Å². The summed E-state index contributed by atoms with van der Waals surface area (Å²) in [6.45, 7) is 2.70. The van der Waals surface area contributed by atoms with Crippen molar-refractivity contribution in [2.45, 2.75) is 18.9 Å². The van der Waals surface area contributed by atoms with Crippen LogP contribution in [0.2, 0.25) is 5.15 Å². The van der Waals surface area contributed by atoms with Gasteiger partial charge >= 0.3 is 0 Å². The molecule has 1 aromatic heterocycles. The number of hydrogen-bond donors (Lipinski definition) is 1. The summed E-state index contributed by atoms with van der Waals surface area (Å²) >= 11 is 5.71. The molecule has 0 saturated carbocycles. The van der Waals surface area contributed by atoms with Crippen molar-refractivity contribution in [1.82, 2.24) is 10.3 Å². The predicted octanol–water partition coefficient (Wildman–Crippen LogP) is 1.66. The third kappa shape index (κ3) is 3.45. The SMILES string of the molecule is Clc1ccc(CCNC2CCOC2)cn1. The van der Waals surface area contributed by atoms with Crippen molar-refractivity contribution in [3.05, 3.63) is 29.0 Å². The van der Waals surface area contributed by atoms with Gasteiger partial charge in [-0.1, -0.05) is 17.7 Å². The van der Waals surface area contributed by atoms with Crippen molar-refractivity contribution >= 4 is 11.6 Å². The minimum atomic E-state index is 0.533. The number of halogens is 1. The summed E-state index contributed by atoms with van der Waals surface area (Å²) in [4.78, 5) is 4.04. The first kappa shape index (κ1) is 10.9. The van der Waals surface area contributed by atoms with Crippen LogP contribution in [0.4, 0.5) is 0 Å². The fourth-order valence-electron chi connectivity index (χ4n) is 1.67. The van der Waals surface area contributed by atoms with Gasteiger partial charge in [0.05, 0.1) is 6.61 Å². The van der Waals surface area contributed by atoms with E-state index in [2.05, 4.69) is 10.3 Å². The Labute approximate surface area is 94.8 Å². The van der Waals surface area contributed by atoms with Crippen LogP contribution in [0.3, 0.4) is 0 Å². The first-order valence-electron chi connectivity index (χ1n) is 5.26. The maximum Gasteiger partial charge on any atom is 0.129 e. The molecule has 1 aromatic rings. The van der Waals surface area contributed by atoms with E-state index in [4.69, 9.17) is 16.3 Å². The van der Waals surface area contributed by atoms with Crippen LogP contribution in [-0.2, 0) is 11.2 Å². The largest absolute Gasteiger partial charge is 0.380 e. The van der Waals surface area contributed by atoms with Gasteiger partial charge in [-0.15, -0.1) is 0 Å². The maximum absolute atomic E-state index is 5.71. The summed E-state index contributed by atoms with van der Waals surface area (Å²) in [6.07, 6.45) is 3.94. The molecule has 82 valence electrons. The maximum atomic E-state index is 5.71. The van der Waals surface area contributed by atoms with Crippen LogP contribution < -0.4 is 5.32 Å². The molecule has 1 aliphatic rings. The number of pyridine rings is 1. The summed E-state index contributed by atoms with van der Waals surface area (Å²) in [6, 6.07) is 4.38. The molecule has 0 bridgehead atoms. The second-order valence-electron chi connectivity index (χ2n) is 3.75. The van der Waals surface area contributed by atoms with Crippen molar-refractivity contribution in [3.8, 4) is 0 Å². The van der Waals surface area contributed by atoms with E-state index < -0.39 is 0 Å². The standard InChI is InChI=1S/C11H15ClN2O/c12-11-2-1-9(7-14-11)3-5-13-10-4-6-15-8-10/h1-2,7,10,13H,3-6,8H2. The van der Waals surface area contributed by atoms with Crippen molar-refractivity contribution in [2.75, 3.05) is 19.8 Å². The Morgan fingerprint density at radius 1 is 1.53 bits per heavy atom. The van der Waals surface area contributed by atoms with Gasteiger partial charge in [0.2, 0.25) is 0 Å². The smallest absolute Gasteiger partial charge is 0.129 e. The third-order valence-electron chi connectivity index (χ3n) is 2.57. The molecule has 1 aliphatic heterocycles. The minimum absolute atomic E-state index is 0.533. The number of aromatic nitrogens is 1. The van der Waals surface area contributed by atoms with Gasteiger partial charge in [-0.2, -0.15) is 0 Å². The van der Waals surface area contributed by atoms with Crippen molar-refractivity contribution in [3.63, 3.8) is 0 Å². The predicted molar refractivity (Wildman–Crippen MR) is 60.2 cm³/mol. The van der Waals surface area contributed by atoms with Gasteiger partial charge in [0.15, 0.2) is 0 Å². The highest BCUT2D eigenvalue weighted by Crippen LogP contribution is 2.06. The van der Waals surface area contributed by atoms with Crippen LogP contribution in [0.25, 0.3) is 0 Å². The van der Waals surface area contributed by atoms with Gasteiger partial charge < -0.3 is 10.1 Å². The zero-order chi connectivity index (χ0) is 10.5. The average Bonchev–Trinajstić information content (AvgIpc) is 2.74. The Morgan fingerprint density at radius 3 is 3.13 bits per heavy atom. The second-order valence-corrected chi connectivity index (χ2v) is 4.14. The molecule has 3 nitrogen and oxygen atoms in total. The molecule has 2 rings (SSSR count). The summed E-state index contributed by atoms with van der Waals surface area (Å²) in [7, 11) is 0. The number of nitrogens with one attached hydrogen (secondary N) is 1. The van der Waals surface area contributed by atoms with Crippen LogP contribution in [0, 0.1) is 0 Å². The third-order valence-corrected chi connectivity index (χ3v) is 2.79. The van der Waals surface area contributed by atoms with Crippen molar-refractivity contribution < 1.29 is 4.74 Å². The second kappa shape index (κ2) is 5.45. The molecule has 1 fully saturated rings. The Bertz CT molecular complexity index is 296. The van der Waals surface area contributed by atoms with Crippen LogP contribution in [0.1, 0.15) is 12.0 Å². The van der Waals surface area contributed by atoms with E-state index in [0.717, 1.165) is 32.6 Å². The van der Waals surface area contributed by atoms with E-state index in [9.17, 15) is 0 Å². The zero-order valence-corrected chi connectivity index (χ0v) is 9.33. The molecule has 4 heteroatoms. The normalized spacial score (nSPS) is 20.7. The molecule has 0 aromatic carbocycles. The van der Waals surface area contributed by atoms with E-state index in [1.807, 2.05) is 18.3 Å². The van der Waals surface area contributed by atoms with Crippen LogP contribution in [0.15, 0.2) is 18.3 Å². The average molecular weight is 227 g/mol. The van der Waals surface area contributed by atoms with Crippen molar-refractivity contribution in [2.24, 2.45) is 0 Å². The minimum Gasteiger partial charge on any atom is -0.380 e. The fourth-order valence-corrected chi connectivity index (χ4v) is 1.78. The lowest BCUT2D eigenvalue weighted by Gasteiger charge is -2.09. The molecular formula is C11H15ClN2O. The van der Waals surface area contributed by atoms with E-state index in [-0.39, 0.29) is 0 Å². The van der Waals surface area contributed by atoms with Gasteiger partial charge in [0.1, 0.15) is 5.15 Å². The molecule has 1 saturated heterocycles. The first-order valence-corrected chi connectivity index (χ1v) is 5.64. The van der Waals surface area contributed by atoms with Crippen LogP contribution in [-0.4, -0.2) is 30.8 Å². The number of nitrogens with zero attached hydrogens (tertiary/aromatic N) is 1. The molecule has 1 atom stereocenters. The monoisotopic (exact) mass is 226 g/mol. The highest BCUT2D eigenvalue weighted by molar-refractivity contribution is 6.29. The summed E-state index contributed by atoms with van der Waals surface area (Å²) in [5.74, 6) is 0. The van der Waals surface area contributed by atoms with Gasteiger partial charge in [-0.3, -0.25) is 0 Å². The van der Waals surface area contributed by atoms with Crippen molar-refractivity contribution in [1.29, 1.82) is 0 Å². The van der Waals surface area contributed by atoms with E-state index >= 15 is 0 Å². The fraction of sp³-hybridized carbons (Fsp3) is 0.545. The molecule has 0 spiro atoms. The van der Waals surface area contributed by atoms with Gasteiger partial charge in [0, 0.05) is 18.8 Å². The molecule has 0 aliphatic carbocycles. The zero-order valence-electron chi connectivity index (χ0n) is 8.58. The highest BCUT2D eigenvalue weighted by atomic mass is 35.5. The summed E-state index contributed by atoms with van der Waals surface area (Å²) < 4.78 is 5.28. The topological polar surface area (TPSA) is 34.1 Å². The Balaban J connectivity index is 1.71. The Kier molecular flexibility index (Phi) is 3.94. The summed E-state index contributed by atoms with van der Waals surface area (Å²) in [5, 5.41) is 4.01. The molecule has 0 radical (unpaired) electrons. The van der Waals surface area contributed by atoms with E-state index in [0.29, 0.717) is 11.2 Å². The molecule has 15 heavy (non-hydrogen) atoms. The lowest BCUT2D eigenvalue weighted by Crippen LogP contribution is -2.30. The van der Waals surface area contributed by atoms with Crippen LogP contribution in [0.5, 0.6) is 0 Å². The summed E-state index contributed by atoms with van der Waals surface area (Å²) in [5.41, 5.74) is 1.21. The van der Waals surface area contributed by atoms with E-state index in [1.165, 1.54) is 5.56 Å². The highest BCUT2D eigenvalue weighted by Gasteiger charge is 2.13. The molecule has 1 unspecified atom stereocenters. The lowest BCUT2D eigenvalue weighted by molar-refractivity contribution is 0.190. The molecule has 0 amide bonds. The lowest BCUT2D eigenvalue weighted by atomic mass is 10.2. The molecule has 2 heterocycles.